The summed E-state index contributed by atoms with van der Waals surface area (Å²) < 4.78 is 4.97. The molecule has 3 N–H and O–H groups in total. The van der Waals surface area contributed by atoms with Crippen LogP contribution in [0.5, 0.6) is 0 Å². The van der Waals surface area contributed by atoms with Crippen LogP contribution in [-0.4, -0.2) is 40.8 Å². The minimum atomic E-state index is -1.20. The molecule has 0 saturated carbocycles. The Labute approximate surface area is 145 Å². The molecule has 2 aromatic rings. The Balaban J connectivity index is 1.84. The summed E-state index contributed by atoms with van der Waals surface area (Å²) in [6.45, 7) is 5.31. The van der Waals surface area contributed by atoms with E-state index in [-0.39, 0.29) is 11.5 Å². The van der Waals surface area contributed by atoms with Crippen LogP contribution in [-0.2, 0) is 14.3 Å². The second-order valence-corrected chi connectivity index (χ2v) is 6.09. The molecule has 0 bridgehead atoms. The standard InChI is InChI=1S/C17H22N4O4/c1-11(22)25-17(2,3)16(24)19-10-6-9-18-14-12-7-4-5-8-13(12)15(23)21-20-14/h4-5,7-8H,6,9-10H2,1-3H3,(H,18,20)(H,19,24)(H,21,23). The number of carbonyl (C=O) groups is 2. The number of anilines is 1. The van der Waals surface area contributed by atoms with Crippen LogP contribution < -0.4 is 16.2 Å². The van der Waals surface area contributed by atoms with E-state index in [2.05, 4.69) is 20.8 Å². The predicted octanol–water partition coefficient (Wildman–Crippen LogP) is 1.18. The van der Waals surface area contributed by atoms with Gasteiger partial charge >= 0.3 is 5.97 Å². The average molecular weight is 346 g/mol. The highest BCUT2D eigenvalue weighted by atomic mass is 16.6. The third-order valence-corrected chi connectivity index (χ3v) is 3.57. The second-order valence-electron chi connectivity index (χ2n) is 6.09. The Kier molecular flexibility index (Phi) is 5.74. The number of amides is 1. The molecule has 0 unspecified atom stereocenters. The van der Waals surface area contributed by atoms with E-state index in [0.29, 0.717) is 30.7 Å². The van der Waals surface area contributed by atoms with E-state index in [1.165, 1.54) is 6.92 Å². The third kappa shape index (κ3) is 4.79. The van der Waals surface area contributed by atoms with Gasteiger partial charge in [-0.15, -0.1) is 0 Å². The van der Waals surface area contributed by atoms with E-state index in [9.17, 15) is 14.4 Å². The van der Waals surface area contributed by atoms with Crippen molar-refractivity contribution in [3.05, 3.63) is 34.6 Å². The van der Waals surface area contributed by atoms with Crippen LogP contribution in [0.1, 0.15) is 27.2 Å². The molecule has 8 heteroatoms. The Hall–Kier alpha value is -2.90. The zero-order valence-corrected chi connectivity index (χ0v) is 14.5. The van der Waals surface area contributed by atoms with Crippen molar-refractivity contribution in [2.75, 3.05) is 18.4 Å². The van der Waals surface area contributed by atoms with Crippen molar-refractivity contribution in [2.24, 2.45) is 0 Å². The lowest BCUT2D eigenvalue weighted by Gasteiger charge is -2.23. The van der Waals surface area contributed by atoms with Gasteiger partial charge in [-0.2, -0.15) is 5.10 Å². The van der Waals surface area contributed by atoms with Crippen molar-refractivity contribution in [2.45, 2.75) is 32.8 Å². The summed E-state index contributed by atoms with van der Waals surface area (Å²) in [6, 6.07) is 7.19. The zero-order valence-electron chi connectivity index (χ0n) is 14.5. The van der Waals surface area contributed by atoms with Crippen molar-refractivity contribution < 1.29 is 14.3 Å². The van der Waals surface area contributed by atoms with Crippen LogP contribution in [0.3, 0.4) is 0 Å². The Morgan fingerprint density at radius 2 is 1.88 bits per heavy atom. The van der Waals surface area contributed by atoms with Gasteiger partial charge < -0.3 is 15.4 Å². The lowest BCUT2D eigenvalue weighted by Crippen LogP contribution is -2.45. The summed E-state index contributed by atoms with van der Waals surface area (Å²) >= 11 is 0. The molecule has 0 saturated heterocycles. The van der Waals surface area contributed by atoms with Gasteiger partial charge in [0.15, 0.2) is 11.4 Å². The van der Waals surface area contributed by atoms with Crippen LogP contribution in [0.15, 0.2) is 29.1 Å². The van der Waals surface area contributed by atoms with Gasteiger partial charge in [-0.3, -0.25) is 14.4 Å². The molecular weight excluding hydrogens is 324 g/mol. The maximum atomic E-state index is 12.0. The van der Waals surface area contributed by atoms with Gasteiger partial charge in [-0.1, -0.05) is 18.2 Å². The van der Waals surface area contributed by atoms with Gasteiger partial charge in [-0.05, 0) is 26.3 Å². The van der Waals surface area contributed by atoms with E-state index in [1.807, 2.05) is 12.1 Å². The summed E-state index contributed by atoms with van der Waals surface area (Å²) in [5, 5.41) is 13.6. The average Bonchev–Trinajstić information content (AvgIpc) is 2.55. The lowest BCUT2D eigenvalue weighted by atomic mass is 10.1. The smallest absolute Gasteiger partial charge is 0.303 e. The van der Waals surface area contributed by atoms with Gasteiger partial charge in [-0.25, -0.2) is 5.10 Å². The number of nitrogens with one attached hydrogen (secondary N) is 3. The van der Waals surface area contributed by atoms with Crippen molar-refractivity contribution in [1.82, 2.24) is 15.5 Å². The Bertz CT molecular complexity index is 829. The molecule has 0 radical (unpaired) electrons. The highest BCUT2D eigenvalue weighted by Crippen LogP contribution is 2.16. The fourth-order valence-electron chi connectivity index (χ4n) is 2.37. The SMILES string of the molecule is CC(=O)OC(C)(C)C(=O)NCCCNc1n[nH]c(=O)c2ccccc12. The quantitative estimate of drug-likeness (QED) is 0.512. The van der Waals surface area contributed by atoms with Gasteiger partial charge in [0.05, 0.1) is 5.39 Å². The van der Waals surface area contributed by atoms with Crippen molar-refractivity contribution in [3.8, 4) is 0 Å². The van der Waals surface area contributed by atoms with Crippen LogP contribution >= 0.6 is 0 Å². The van der Waals surface area contributed by atoms with Gasteiger partial charge in [0, 0.05) is 25.4 Å². The molecular formula is C17H22N4O4. The third-order valence-electron chi connectivity index (χ3n) is 3.57. The van der Waals surface area contributed by atoms with Gasteiger partial charge in [0.25, 0.3) is 11.5 Å². The molecule has 0 aliphatic rings. The maximum Gasteiger partial charge on any atom is 0.303 e. The Morgan fingerprint density at radius 3 is 2.56 bits per heavy atom. The summed E-state index contributed by atoms with van der Waals surface area (Å²) in [7, 11) is 0. The Morgan fingerprint density at radius 1 is 1.20 bits per heavy atom. The fraction of sp³-hybridized carbons (Fsp3) is 0.412. The minimum Gasteiger partial charge on any atom is -0.450 e. The van der Waals surface area contributed by atoms with Crippen LogP contribution in [0, 0.1) is 0 Å². The molecule has 0 fully saturated rings. The topological polar surface area (TPSA) is 113 Å². The molecule has 1 amide bonds. The molecule has 0 aliphatic heterocycles. The maximum absolute atomic E-state index is 12.0. The normalized spacial score (nSPS) is 11.2. The van der Waals surface area contributed by atoms with Crippen molar-refractivity contribution in [3.63, 3.8) is 0 Å². The fourth-order valence-corrected chi connectivity index (χ4v) is 2.37. The second kappa shape index (κ2) is 7.78. The summed E-state index contributed by atoms with van der Waals surface area (Å²) in [5.41, 5.74) is -1.43. The number of hydrogen-bond acceptors (Lipinski definition) is 6. The predicted molar refractivity (Wildman–Crippen MR) is 94.3 cm³/mol. The molecule has 1 aromatic carbocycles. The summed E-state index contributed by atoms with van der Waals surface area (Å²) in [6.07, 6.45) is 0.636. The first kappa shape index (κ1) is 18.4. The number of nitrogens with zero attached hydrogens (tertiary/aromatic N) is 1. The number of aromatic amines is 1. The zero-order chi connectivity index (χ0) is 18.4. The van der Waals surface area contributed by atoms with Crippen molar-refractivity contribution in [1.29, 1.82) is 0 Å². The molecule has 0 atom stereocenters. The molecule has 8 nitrogen and oxygen atoms in total. The molecule has 1 heterocycles. The first-order valence-electron chi connectivity index (χ1n) is 8.00. The molecule has 2 rings (SSSR count). The number of H-pyrrole nitrogens is 1. The number of carbonyl (C=O) groups excluding carboxylic acids is 2. The highest BCUT2D eigenvalue weighted by molar-refractivity contribution is 5.90. The molecule has 0 spiro atoms. The lowest BCUT2D eigenvalue weighted by molar-refractivity contribution is -0.162. The van der Waals surface area contributed by atoms with Crippen LogP contribution in [0.2, 0.25) is 0 Å². The molecule has 1 aromatic heterocycles. The number of ether oxygens (including phenoxy) is 1. The van der Waals surface area contributed by atoms with E-state index in [4.69, 9.17) is 4.74 Å². The van der Waals surface area contributed by atoms with Crippen LogP contribution in [0.25, 0.3) is 10.8 Å². The number of rotatable bonds is 7. The number of aromatic nitrogens is 2. The van der Waals surface area contributed by atoms with E-state index < -0.39 is 11.6 Å². The number of benzene rings is 1. The molecule has 25 heavy (non-hydrogen) atoms. The summed E-state index contributed by atoms with van der Waals surface area (Å²) in [4.78, 5) is 34.7. The summed E-state index contributed by atoms with van der Waals surface area (Å²) in [5.74, 6) is -0.269. The van der Waals surface area contributed by atoms with Gasteiger partial charge in [0.2, 0.25) is 0 Å². The van der Waals surface area contributed by atoms with E-state index in [1.54, 1.807) is 26.0 Å². The number of hydrogen-bond donors (Lipinski definition) is 3. The number of esters is 1. The van der Waals surface area contributed by atoms with E-state index in [0.717, 1.165) is 5.39 Å². The first-order chi connectivity index (χ1) is 11.8. The number of fused-ring (bicyclic) bond motifs is 1. The minimum absolute atomic E-state index is 0.235. The van der Waals surface area contributed by atoms with Gasteiger partial charge in [0.1, 0.15) is 0 Å². The van der Waals surface area contributed by atoms with E-state index >= 15 is 0 Å². The highest BCUT2D eigenvalue weighted by Gasteiger charge is 2.30. The van der Waals surface area contributed by atoms with Crippen LogP contribution in [0.4, 0.5) is 5.82 Å². The largest absolute Gasteiger partial charge is 0.450 e. The monoisotopic (exact) mass is 346 g/mol. The van der Waals surface area contributed by atoms with Crippen molar-refractivity contribution >= 4 is 28.5 Å². The molecule has 134 valence electrons. The first-order valence-corrected chi connectivity index (χ1v) is 8.00. The molecule has 0 aliphatic carbocycles.